The van der Waals surface area contributed by atoms with Gasteiger partial charge in [-0.05, 0) is 19.1 Å². The normalized spacial score (nSPS) is 10.3. The fraction of sp³-hybridized carbons (Fsp3) is 0.250. The first-order valence-electron chi connectivity index (χ1n) is 5.26. The molecule has 0 aliphatic carbocycles. The van der Waals surface area contributed by atoms with Crippen molar-refractivity contribution in [2.75, 3.05) is 11.9 Å². The molecule has 0 N–H and O–H groups in total. The highest BCUT2D eigenvalue weighted by Crippen LogP contribution is 2.13. The van der Waals surface area contributed by atoms with Crippen molar-refractivity contribution >= 4 is 17.4 Å². The van der Waals surface area contributed by atoms with Crippen LogP contribution in [0.1, 0.15) is 11.4 Å². The van der Waals surface area contributed by atoms with Crippen molar-refractivity contribution in [2.45, 2.75) is 13.5 Å². The molecule has 0 saturated heterocycles. The van der Waals surface area contributed by atoms with Crippen LogP contribution >= 0.6 is 11.6 Å². The molecule has 5 heteroatoms. The van der Waals surface area contributed by atoms with Crippen molar-refractivity contribution in [3.05, 3.63) is 47.1 Å². The summed E-state index contributed by atoms with van der Waals surface area (Å²) < 4.78 is 0. The van der Waals surface area contributed by atoms with Crippen LogP contribution in [0.25, 0.3) is 0 Å². The predicted octanol–water partition coefficient (Wildman–Crippen LogP) is 2.47. The average Bonchev–Trinajstić information content (AvgIpc) is 2.29. The number of rotatable bonds is 3. The zero-order valence-corrected chi connectivity index (χ0v) is 10.5. The maximum atomic E-state index is 5.80. The number of aryl methyl sites for hydroxylation is 1. The molecule has 4 nitrogen and oxygen atoms in total. The van der Waals surface area contributed by atoms with E-state index in [1.165, 1.54) is 6.20 Å². The first kappa shape index (κ1) is 11.8. The molecule has 0 saturated carbocycles. The third-order valence-corrected chi connectivity index (χ3v) is 2.51. The summed E-state index contributed by atoms with van der Waals surface area (Å²) in [4.78, 5) is 14.6. The minimum absolute atomic E-state index is 0.395. The van der Waals surface area contributed by atoms with Crippen molar-refractivity contribution < 1.29 is 0 Å². The molecule has 2 aromatic heterocycles. The summed E-state index contributed by atoms with van der Waals surface area (Å²) in [5.74, 6) is 0.737. The molecule has 0 spiro atoms. The van der Waals surface area contributed by atoms with Crippen LogP contribution in [0.5, 0.6) is 0 Å². The fourth-order valence-electron chi connectivity index (χ4n) is 1.53. The number of pyridine rings is 1. The maximum Gasteiger partial charge on any atom is 0.149 e. The van der Waals surface area contributed by atoms with E-state index in [2.05, 4.69) is 15.0 Å². The number of hydrogen-bond acceptors (Lipinski definition) is 4. The Morgan fingerprint density at radius 1 is 1.24 bits per heavy atom. The standard InChI is InChI=1S/C12H13ClN4/c1-9-4-3-5-10(15-9)8-17(2)12-7-14-6-11(13)16-12/h3-7H,8H2,1-2H3. The lowest BCUT2D eigenvalue weighted by atomic mass is 10.3. The zero-order valence-electron chi connectivity index (χ0n) is 9.76. The van der Waals surface area contributed by atoms with Gasteiger partial charge in [0.25, 0.3) is 0 Å². The number of hydrogen-bond donors (Lipinski definition) is 0. The molecule has 0 aliphatic heterocycles. The van der Waals surface area contributed by atoms with Crippen LogP contribution in [0.4, 0.5) is 5.82 Å². The number of anilines is 1. The SMILES string of the molecule is Cc1cccc(CN(C)c2cncc(Cl)n2)n1. The van der Waals surface area contributed by atoms with E-state index in [9.17, 15) is 0 Å². The van der Waals surface area contributed by atoms with Crippen LogP contribution in [0.2, 0.25) is 5.15 Å². The zero-order chi connectivity index (χ0) is 12.3. The Bertz CT molecular complexity index is 515. The van der Waals surface area contributed by atoms with Crippen molar-refractivity contribution in [3.8, 4) is 0 Å². The van der Waals surface area contributed by atoms with E-state index in [-0.39, 0.29) is 0 Å². The quantitative estimate of drug-likeness (QED) is 0.837. The maximum absolute atomic E-state index is 5.80. The van der Waals surface area contributed by atoms with E-state index in [4.69, 9.17) is 11.6 Å². The largest absolute Gasteiger partial charge is 0.352 e. The second-order valence-corrected chi connectivity index (χ2v) is 4.21. The van der Waals surface area contributed by atoms with Crippen LogP contribution < -0.4 is 4.90 Å². The molecule has 0 aromatic carbocycles. The summed E-state index contributed by atoms with van der Waals surface area (Å²) in [7, 11) is 1.93. The summed E-state index contributed by atoms with van der Waals surface area (Å²) in [6.07, 6.45) is 3.20. The fourth-order valence-corrected chi connectivity index (χ4v) is 1.67. The molecule has 0 aliphatic rings. The molecule has 17 heavy (non-hydrogen) atoms. The summed E-state index contributed by atoms with van der Waals surface area (Å²) in [6.45, 7) is 2.65. The molecule has 88 valence electrons. The van der Waals surface area contributed by atoms with Gasteiger partial charge >= 0.3 is 0 Å². The Hall–Kier alpha value is -1.68. The van der Waals surface area contributed by atoms with Crippen LogP contribution in [0, 0.1) is 6.92 Å². The predicted molar refractivity (Wildman–Crippen MR) is 68.1 cm³/mol. The van der Waals surface area contributed by atoms with Crippen molar-refractivity contribution in [1.29, 1.82) is 0 Å². The third-order valence-electron chi connectivity index (χ3n) is 2.33. The molecule has 0 bridgehead atoms. The smallest absolute Gasteiger partial charge is 0.149 e. The van der Waals surface area contributed by atoms with Gasteiger partial charge in [-0.15, -0.1) is 0 Å². The molecule has 2 aromatic rings. The highest BCUT2D eigenvalue weighted by Gasteiger charge is 2.05. The Labute approximate surface area is 105 Å². The Morgan fingerprint density at radius 3 is 2.76 bits per heavy atom. The first-order chi connectivity index (χ1) is 8.15. The molecule has 0 atom stereocenters. The minimum atomic E-state index is 0.395. The topological polar surface area (TPSA) is 41.9 Å². The van der Waals surface area contributed by atoms with Gasteiger partial charge in [0, 0.05) is 12.7 Å². The van der Waals surface area contributed by atoms with Gasteiger partial charge < -0.3 is 4.90 Å². The molecule has 0 unspecified atom stereocenters. The summed E-state index contributed by atoms with van der Waals surface area (Å²) >= 11 is 5.80. The van der Waals surface area contributed by atoms with Crippen molar-refractivity contribution in [3.63, 3.8) is 0 Å². The van der Waals surface area contributed by atoms with Gasteiger partial charge in [-0.25, -0.2) is 4.98 Å². The lowest BCUT2D eigenvalue weighted by Gasteiger charge is -2.17. The van der Waals surface area contributed by atoms with Crippen LogP contribution in [-0.2, 0) is 6.54 Å². The molecular weight excluding hydrogens is 236 g/mol. The Kier molecular flexibility index (Phi) is 3.54. The minimum Gasteiger partial charge on any atom is -0.352 e. The average molecular weight is 249 g/mol. The number of nitrogens with zero attached hydrogens (tertiary/aromatic N) is 4. The monoisotopic (exact) mass is 248 g/mol. The van der Waals surface area contributed by atoms with Crippen LogP contribution in [0.15, 0.2) is 30.6 Å². The second kappa shape index (κ2) is 5.10. The molecule has 0 amide bonds. The van der Waals surface area contributed by atoms with Gasteiger partial charge in [-0.1, -0.05) is 17.7 Å². The Balaban J connectivity index is 2.14. The van der Waals surface area contributed by atoms with E-state index < -0.39 is 0 Å². The van der Waals surface area contributed by atoms with E-state index in [1.54, 1.807) is 6.20 Å². The van der Waals surface area contributed by atoms with E-state index in [1.807, 2.05) is 37.1 Å². The summed E-state index contributed by atoms with van der Waals surface area (Å²) in [6, 6.07) is 5.96. The van der Waals surface area contributed by atoms with Gasteiger partial charge in [-0.3, -0.25) is 9.97 Å². The van der Waals surface area contributed by atoms with Crippen molar-refractivity contribution in [2.24, 2.45) is 0 Å². The molecule has 0 fully saturated rings. The van der Waals surface area contributed by atoms with Gasteiger partial charge in [0.05, 0.1) is 24.6 Å². The van der Waals surface area contributed by atoms with Gasteiger partial charge in [0.15, 0.2) is 0 Å². The summed E-state index contributed by atoms with van der Waals surface area (Å²) in [5.41, 5.74) is 2.00. The van der Waals surface area contributed by atoms with Crippen molar-refractivity contribution in [1.82, 2.24) is 15.0 Å². The van der Waals surface area contributed by atoms with Gasteiger partial charge in [0.2, 0.25) is 0 Å². The van der Waals surface area contributed by atoms with E-state index in [0.29, 0.717) is 11.7 Å². The summed E-state index contributed by atoms with van der Waals surface area (Å²) in [5, 5.41) is 0.395. The number of halogens is 1. The second-order valence-electron chi connectivity index (χ2n) is 3.83. The Morgan fingerprint density at radius 2 is 2.06 bits per heavy atom. The first-order valence-corrected chi connectivity index (χ1v) is 5.64. The van der Waals surface area contributed by atoms with E-state index in [0.717, 1.165) is 17.2 Å². The van der Waals surface area contributed by atoms with E-state index >= 15 is 0 Å². The highest BCUT2D eigenvalue weighted by atomic mass is 35.5. The molecule has 2 heterocycles. The third kappa shape index (κ3) is 3.14. The lowest BCUT2D eigenvalue weighted by Crippen LogP contribution is -2.18. The highest BCUT2D eigenvalue weighted by molar-refractivity contribution is 6.29. The molecule has 2 rings (SSSR count). The van der Waals surface area contributed by atoms with Gasteiger partial charge in [0.1, 0.15) is 11.0 Å². The van der Waals surface area contributed by atoms with Gasteiger partial charge in [-0.2, -0.15) is 0 Å². The molecule has 0 radical (unpaired) electrons. The molecular formula is C12H13ClN4. The van der Waals surface area contributed by atoms with Crippen LogP contribution in [-0.4, -0.2) is 22.0 Å². The van der Waals surface area contributed by atoms with Crippen LogP contribution in [0.3, 0.4) is 0 Å². The lowest BCUT2D eigenvalue weighted by molar-refractivity contribution is 0.854. The number of aromatic nitrogens is 3.